The van der Waals surface area contributed by atoms with E-state index < -0.39 is 34.2 Å². The third-order valence-corrected chi connectivity index (χ3v) is 8.14. The number of hydrogen-bond acceptors (Lipinski definition) is 9. The Balaban J connectivity index is 1.40. The molecule has 0 aromatic heterocycles. The van der Waals surface area contributed by atoms with Crippen LogP contribution < -0.4 is 34.0 Å². The molecule has 2 amide bonds. The molecule has 2 N–H and O–H groups in total. The number of halogens is 1. The van der Waals surface area contributed by atoms with E-state index in [4.69, 9.17) is 18.9 Å². The zero-order valence-electron chi connectivity index (χ0n) is 25.1. The van der Waals surface area contributed by atoms with Gasteiger partial charge in [0.1, 0.15) is 23.9 Å². The van der Waals surface area contributed by atoms with Crippen molar-refractivity contribution in [1.29, 1.82) is 0 Å². The lowest BCUT2D eigenvalue weighted by Gasteiger charge is -2.24. The number of nitrogens with one attached hydrogen (secondary N) is 2. The average molecular weight is 651 g/mol. The minimum atomic E-state index is -4.25. The lowest BCUT2D eigenvalue weighted by molar-refractivity contribution is -0.119. The van der Waals surface area contributed by atoms with Gasteiger partial charge in [0.2, 0.25) is 0 Å². The van der Waals surface area contributed by atoms with E-state index in [9.17, 15) is 22.4 Å². The van der Waals surface area contributed by atoms with Crippen molar-refractivity contribution in [2.24, 2.45) is 5.10 Å². The van der Waals surface area contributed by atoms with Crippen LogP contribution in [-0.2, 0) is 19.6 Å². The smallest absolute Gasteiger partial charge is 0.264 e. The molecule has 0 saturated carbocycles. The van der Waals surface area contributed by atoms with Crippen molar-refractivity contribution in [2.45, 2.75) is 4.90 Å². The molecule has 0 heterocycles. The van der Waals surface area contributed by atoms with Crippen LogP contribution in [0.4, 0.5) is 15.8 Å². The first-order valence-corrected chi connectivity index (χ1v) is 15.1. The first-order valence-electron chi connectivity index (χ1n) is 13.6. The summed E-state index contributed by atoms with van der Waals surface area (Å²) in [5.74, 6) is -0.0718. The number of carbonyl (C=O) groups is 2. The molecule has 4 aromatic carbocycles. The van der Waals surface area contributed by atoms with E-state index in [1.807, 2.05) is 0 Å². The molecule has 4 aromatic rings. The van der Waals surface area contributed by atoms with Gasteiger partial charge < -0.3 is 24.3 Å². The number of hydrazone groups is 1. The van der Waals surface area contributed by atoms with Gasteiger partial charge >= 0.3 is 0 Å². The highest BCUT2D eigenvalue weighted by Gasteiger charge is 2.28. The molecule has 0 aliphatic carbocycles. The van der Waals surface area contributed by atoms with Gasteiger partial charge in [-0.3, -0.25) is 13.9 Å². The first-order chi connectivity index (χ1) is 22.1. The van der Waals surface area contributed by atoms with Gasteiger partial charge in [-0.2, -0.15) is 5.10 Å². The Hall–Kier alpha value is -5.63. The molecule has 0 fully saturated rings. The average Bonchev–Trinajstić information content (AvgIpc) is 3.07. The Morgan fingerprint density at radius 3 is 2.09 bits per heavy atom. The summed E-state index contributed by atoms with van der Waals surface area (Å²) in [5, 5.41) is 6.54. The topological polar surface area (TPSA) is 145 Å². The van der Waals surface area contributed by atoms with E-state index in [-0.39, 0.29) is 22.9 Å². The van der Waals surface area contributed by atoms with Crippen LogP contribution in [0.3, 0.4) is 0 Å². The molecular weight excluding hydrogens is 619 g/mol. The van der Waals surface area contributed by atoms with Gasteiger partial charge in [-0.1, -0.05) is 0 Å². The van der Waals surface area contributed by atoms with E-state index in [1.54, 1.807) is 36.4 Å². The Labute approximate surface area is 265 Å². The maximum Gasteiger partial charge on any atom is 0.264 e. The lowest BCUT2D eigenvalue weighted by Crippen LogP contribution is -2.39. The summed E-state index contributed by atoms with van der Waals surface area (Å²) in [6.07, 6.45) is 1.36. The highest BCUT2D eigenvalue weighted by molar-refractivity contribution is 7.92. The maximum atomic E-state index is 13.7. The number of sulfonamides is 1. The fourth-order valence-electron chi connectivity index (χ4n) is 4.04. The Morgan fingerprint density at radius 1 is 0.804 bits per heavy atom. The largest absolute Gasteiger partial charge is 0.497 e. The third-order valence-electron chi connectivity index (χ3n) is 6.37. The van der Waals surface area contributed by atoms with E-state index in [2.05, 4.69) is 15.8 Å². The highest BCUT2D eigenvalue weighted by Crippen LogP contribution is 2.32. The van der Waals surface area contributed by atoms with Crippen LogP contribution >= 0.6 is 0 Å². The molecule has 0 atom stereocenters. The van der Waals surface area contributed by atoms with Gasteiger partial charge in [-0.25, -0.2) is 18.2 Å². The number of anilines is 2. The van der Waals surface area contributed by atoms with Crippen LogP contribution in [0, 0.1) is 5.82 Å². The summed E-state index contributed by atoms with van der Waals surface area (Å²) in [4.78, 5) is 24.9. The van der Waals surface area contributed by atoms with Crippen molar-refractivity contribution in [3.05, 3.63) is 102 Å². The quantitative estimate of drug-likeness (QED) is 0.153. The zero-order valence-corrected chi connectivity index (χ0v) is 25.9. The normalized spacial score (nSPS) is 11.0. The molecule has 46 heavy (non-hydrogen) atoms. The van der Waals surface area contributed by atoms with Gasteiger partial charge in [0.15, 0.2) is 18.1 Å². The molecule has 4 rings (SSSR count). The van der Waals surface area contributed by atoms with Gasteiger partial charge in [-0.05, 0) is 90.5 Å². The summed E-state index contributed by atoms with van der Waals surface area (Å²) in [7, 11) is 0.0491. The minimum absolute atomic E-state index is 0.118. The fourth-order valence-corrected chi connectivity index (χ4v) is 5.48. The van der Waals surface area contributed by atoms with Crippen LogP contribution in [0.5, 0.6) is 23.0 Å². The molecule has 0 aliphatic heterocycles. The third kappa shape index (κ3) is 8.72. The minimum Gasteiger partial charge on any atom is -0.497 e. The standard InChI is InChI=1S/C32H31FN4O8S/c1-42-26-14-10-25(11-15-26)37(46(40,41)28-16-17-29(43-2)30(18-28)44-3)20-31(38)36-34-19-22-4-12-27(13-5-22)45-21-32(39)35-24-8-6-23(33)7-9-24/h4-19H,20-21H2,1-3H3,(H,35,39)(H,36,38)/b34-19+. The molecule has 0 bridgehead atoms. The Bertz CT molecular complexity index is 1780. The number of methoxy groups -OCH3 is 3. The molecule has 0 radical (unpaired) electrons. The molecule has 12 nitrogen and oxygen atoms in total. The molecule has 0 saturated heterocycles. The number of benzene rings is 4. The van der Waals surface area contributed by atoms with Gasteiger partial charge in [0, 0.05) is 11.8 Å². The van der Waals surface area contributed by atoms with Gasteiger partial charge in [-0.15, -0.1) is 0 Å². The number of amides is 2. The van der Waals surface area contributed by atoms with E-state index in [0.29, 0.717) is 28.5 Å². The number of carbonyl (C=O) groups excluding carboxylic acids is 2. The second-order valence-corrected chi connectivity index (χ2v) is 11.3. The molecule has 0 aliphatic rings. The predicted octanol–water partition coefficient (Wildman–Crippen LogP) is 4.21. The van der Waals surface area contributed by atoms with Crippen LogP contribution in [0.15, 0.2) is 101 Å². The van der Waals surface area contributed by atoms with Crippen molar-refractivity contribution in [1.82, 2.24) is 5.43 Å². The lowest BCUT2D eigenvalue weighted by atomic mass is 10.2. The van der Waals surface area contributed by atoms with Crippen molar-refractivity contribution < 1.29 is 41.3 Å². The van der Waals surface area contributed by atoms with Crippen LogP contribution in [0.25, 0.3) is 0 Å². The molecular formula is C32H31FN4O8S. The number of hydrogen-bond donors (Lipinski definition) is 2. The highest BCUT2D eigenvalue weighted by atomic mass is 32.2. The number of ether oxygens (including phenoxy) is 4. The van der Waals surface area contributed by atoms with Gasteiger partial charge in [0.05, 0.1) is 38.1 Å². The Morgan fingerprint density at radius 2 is 1.46 bits per heavy atom. The van der Waals surface area contributed by atoms with Crippen LogP contribution in [0.1, 0.15) is 5.56 Å². The zero-order chi connectivity index (χ0) is 33.1. The number of nitrogens with zero attached hydrogens (tertiary/aromatic N) is 2. The van der Waals surface area contributed by atoms with Crippen molar-refractivity contribution in [3.63, 3.8) is 0 Å². The molecule has 0 unspecified atom stereocenters. The second kappa shape index (κ2) is 15.4. The monoisotopic (exact) mass is 650 g/mol. The summed E-state index contributed by atoms with van der Waals surface area (Å²) in [5.41, 5.74) is 3.60. The molecule has 0 spiro atoms. The summed E-state index contributed by atoms with van der Waals surface area (Å²) < 4.78 is 62.6. The number of rotatable bonds is 14. The predicted molar refractivity (Wildman–Crippen MR) is 170 cm³/mol. The second-order valence-electron chi connectivity index (χ2n) is 9.43. The van der Waals surface area contributed by atoms with Crippen molar-refractivity contribution in [3.8, 4) is 23.0 Å². The molecule has 240 valence electrons. The van der Waals surface area contributed by atoms with Crippen LogP contribution in [0.2, 0.25) is 0 Å². The Kier molecular flexibility index (Phi) is 11.1. The van der Waals surface area contributed by atoms with Crippen LogP contribution in [-0.4, -0.2) is 60.9 Å². The maximum absolute atomic E-state index is 13.7. The molecule has 14 heteroatoms. The van der Waals surface area contributed by atoms with E-state index in [1.165, 1.54) is 82.1 Å². The van der Waals surface area contributed by atoms with Crippen molar-refractivity contribution in [2.75, 3.05) is 44.1 Å². The van der Waals surface area contributed by atoms with E-state index in [0.717, 1.165) is 4.31 Å². The van der Waals surface area contributed by atoms with Crippen molar-refractivity contribution >= 4 is 39.4 Å². The SMILES string of the molecule is COc1ccc(N(CC(=O)N/N=C/c2ccc(OCC(=O)Nc3ccc(F)cc3)cc2)S(=O)(=O)c2ccc(OC)c(OC)c2)cc1. The van der Waals surface area contributed by atoms with E-state index >= 15 is 0 Å². The fraction of sp³-hybridized carbons (Fsp3) is 0.156. The first kappa shape index (κ1) is 33.3. The summed E-state index contributed by atoms with van der Waals surface area (Å²) >= 11 is 0. The summed E-state index contributed by atoms with van der Waals surface area (Å²) in [6.45, 7) is -0.856. The summed E-state index contributed by atoms with van der Waals surface area (Å²) in [6, 6.07) is 22.2. The van der Waals surface area contributed by atoms with Gasteiger partial charge in [0.25, 0.3) is 21.8 Å².